The third-order valence-electron chi connectivity index (χ3n) is 2.10. The van der Waals surface area contributed by atoms with E-state index in [1.807, 2.05) is 0 Å². The summed E-state index contributed by atoms with van der Waals surface area (Å²) in [6, 6.07) is 0. The lowest BCUT2D eigenvalue weighted by Crippen LogP contribution is -2.30. The number of alkyl halides is 3. The number of nitrogens with zero attached hydrogens (tertiary/aromatic N) is 1. The number of rotatable bonds is 8. The first-order valence-electron chi connectivity index (χ1n) is 5.28. The Morgan fingerprint density at radius 2 is 2.06 bits per heavy atom. The van der Waals surface area contributed by atoms with Crippen LogP contribution < -0.4 is 0 Å². The summed E-state index contributed by atoms with van der Waals surface area (Å²) in [5.41, 5.74) is 0. The number of ether oxygens (including phenoxy) is 1. The molecule has 1 N–H and O–H groups in total. The zero-order valence-electron chi connectivity index (χ0n) is 9.96. The van der Waals surface area contributed by atoms with Crippen LogP contribution in [0.3, 0.4) is 0 Å². The molecule has 102 valence electrons. The first kappa shape index (κ1) is 16.2. The topological polar surface area (TPSA) is 49.8 Å². The Balaban J connectivity index is 3.52. The van der Waals surface area contributed by atoms with Crippen LogP contribution in [0.4, 0.5) is 13.2 Å². The van der Waals surface area contributed by atoms with Crippen molar-refractivity contribution in [1.82, 2.24) is 4.90 Å². The predicted molar refractivity (Wildman–Crippen MR) is 55.8 cm³/mol. The van der Waals surface area contributed by atoms with Crippen LogP contribution in [0.15, 0.2) is 0 Å². The number of hydrogen-bond donors (Lipinski definition) is 1. The van der Waals surface area contributed by atoms with E-state index in [0.717, 1.165) is 0 Å². The fourth-order valence-electron chi connectivity index (χ4n) is 1.26. The Hall–Kier alpha value is -0.820. The Labute approximate surface area is 98.3 Å². The van der Waals surface area contributed by atoms with E-state index in [4.69, 9.17) is 5.11 Å². The van der Waals surface area contributed by atoms with Crippen LogP contribution >= 0.6 is 0 Å². The molecule has 0 aliphatic carbocycles. The highest BCUT2D eigenvalue weighted by atomic mass is 19.4. The molecular weight excluding hydrogens is 239 g/mol. The number of hydrogen-bond acceptors (Lipinski definition) is 3. The quantitative estimate of drug-likeness (QED) is 0.671. The molecule has 0 amide bonds. The smallest absolute Gasteiger partial charge is 0.411 e. The van der Waals surface area contributed by atoms with Crippen molar-refractivity contribution in [3.8, 4) is 0 Å². The lowest BCUT2D eigenvalue weighted by atomic mass is 10.2. The minimum Gasteiger partial charge on any atom is -0.481 e. The molecule has 0 aliphatic rings. The van der Waals surface area contributed by atoms with Crippen molar-refractivity contribution < 1.29 is 27.8 Å². The third-order valence-corrected chi connectivity index (χ3v) is 2.10. The van der Waals surface area contributed by atoms with Gasteiger partial charge in [-0.2, -0.15) is 13.2 Å². The van der Waals surface area contributed by atoms with Gasteiger partial charge in [-0.3, -0.25) is 4.79 Å². The highest BCUT2D eigenvalue weighted by molar-refractivity contribution is 5.69. The van der Waals surface area contributed by atoms with Gasteiger partial charge in [0.1, 0.15) is 6.61 Å². The molecule has 0 aliphatic heterocycles. The molecule has 0 fully saturated rings. The maximum absolute atomic E-state index is 11.7. The second kappa shape index (κ2) is 7.50. The Kier molecular flexibility index (Phi) is 7.13. The summed E-state index contributed by atoms with van der Waals surface area (Å²) < 4.78 is 39.5. The van der Waals surface area contributed by atoms with Gasteiger partial charge in [0.15, 0.2) is 0 Å². The van der Waals surface area contributed by atoms with Gasteiger partial charge in [0.05, 0.1) is 5.92 Å². The van der Waals surface area contributed by atoms with Gasteiger partial charge in [-0.15, -0.1) is 0 Å². The van der Waals surface area contributed by atoms with E-state index >= 15 is 0 Å². The summed E-state index contributed by atoms with van der Waals surface area (Å²) in [5, 5.41) is 8.65. The van der Waals surface area contributed by atoms with E-state index in [1.54, 1.807) is 18.9 Å². The summed E-state index contributed by atoms with van der Waals surface area (Å²) >= 11 is 0. The highest BCUT2D eigenvalue weighted by Gasteiger charge is 2.27. The summed E-state index contributed by atoms with van der Waals surface area (Å²) in [6.07, 6.45) is -3.84. The molecule has 0 heterocycles. The van der Waals surface area contributed by atoms with Crippen LogP contribution in [0.5, 0.6) is 0 Å². The molecule has 0 aromatic heterocycles. The second-order valence-electron chi connectivity index (χ2n) is 4.02. The number of carboxylic acid groups (broad SMARTS) is 1. The van der Waals surface area contributed by atoms with Crippen molar-refractivity contribution in [2.45, 2.75) is 19.5 Å². The maximum Gasteiger partial charge on any atom is 0.411 e. The van der Waals surface area contributed by atoms with Gasteiger partial charge in [-0.25, -0.2) is 0 Å². The molecule has 0 rings (SSSR count). The van der Waals surface area contributed by atoms with E-state index in [1.165, 1.54) is 0 Å². The Morgan fingerprint density at radius 3 is 2.53 bits per heavy atom. The van der Waals surface area contributed by atoms with Gasteiger partial charge in [0.2, 0.25) is 0 Å². The van der Waals surface area contributed by atoms with Crippen LogP contribution in [0.1, 0.15) is 13.3 Å². The molecule has 4 nitrogen and oxygen atoms in total. The van der Waals surface area contributed by atoms with E-state index in [0.29, 0.717) is 19.5 Å². The summed E-state index contributed by atoms with van der Waals surface area (Å²) in [5.74, 6) is -1.37. The van der Waals surface area contributed by atoms with Crippen LogP contribution in [0.2, 0.25) is 0 Å². The standard InChI is InChI=1S/C10H18F3NO3/c1-8(9(15)16)6-14(2)4-3-5-17-7-10(11,12)13/h8H,3-7H2,1-2H3,(H,15,16). The van der Waals surface area contributed by atoms with E-state index in [9.17, 15) is 18.0 Å². The maximum atomic E-state index is 11.7. The Bertz CT molecular complexity index is 233. The second-order valence-corrected chi connectivity index (χ2v) is 4.02. The average molecular weight is 257 g/mol. The van der Waals surface area contributed by atoms with Crippen LogP contribution in [-0.2, 0) is 9.53 Å². The molecule has 17 heavy (non-hydrogen) atoms. The number of halogens is 3. The highest BCUT2D eigenvalue weighted by Crippen LogP contribution is 2.14. The zero-order chi connectivity index (χ0) is 13.5. The van der Waals surface area contributed by atoms with Gasteiger partial charge < -0.3 is 14.7 Å². The van der Waals surface area contributed by atoms with Crippen LogP contribution in [0, 0.1) is 5.92 Å². The fraction of sp³-hybridized carbons (Fsp3) is 0.900. The summed E-state index contributed by atoms with van der Waals surface area (Å²) in [7, 11) is 1.73. The fourth-order valence-corrected chi connectivity index (χ4v) is 1.26. The average Bonchev–Trinajstić information content (AvgIpc) is 2.15. The van der Waals surface area contributed by atoms with Gasteiger partial charge >= 0.3 is 12.1 Å². The first-order chi connectivity index (χ1) is 7.72. The third kappa shape index (κ3) is 10.1. The summed E-state index contributed by atoms with van der Waals surface area (Å²) in [4.78, 5) is 12.3. The van der Waals surface area contributed by atoms with Gasteiger partial charge in [0, 0.05) is 19.7 Å². The van der Waals surface area contributed by atoms with Crippen molar-refractivity contribution in [3.63, 3.8) is 0 Å². The van der Waals surface area contributed by atoms with Crippen LogP contribution in [-0.4, -0.2) is 55.5 Å². The van der Waals surface area contributed by atoms with Crippen molar-refractivity contribution >= 4 is 5.97 Å². The monoisotopic (exact) mass is 257 g/mol. The lowest BCUT2D eigenvalue weighted by molar-refractivity contribution is -0.174. The largest absolute Gasteiger partial charge is 0.481 e. The van der Waals surface area contributed by atoms with Crippen molar-refractivity contribution in [3.05, 3.63) is 0 Å². The molecule has 1 unspecified atom stereocenters. The van der Waals surface area contributed by atoms with Gasteiger partial charge in [-0.1, -0.05) is 6.92 Å². The number of aliphatic carboxylic acids is 1. The molecular formula is C10H18F3NO3. The van der Waals surface area contributed by atoms with Crippen molar-refractivity contribution in [2.75, 3.05) is 33.4 Å². The molecule has 1 atom stereocenters. The molecule has 0 spiro atoms. The van der Waals surface area contributed by atoms with Crippen molar-refractivity contribution in [1.29, 1.82) is 0 Å². The van der Waals surface area contributed by atoms with Crippen LogP contribution in [0.25, 0.3) is 0 Å². The predicted octanol–water partition coefficient (Wildman–Crippen LogP) is 1.61. The van der Waals surface area contributed by atoms with E-state index in [2.05, 4.69) is 4.74 Å². The minimum atomic E-state index is -4.29. The van der Waals surface area contributed by atoms with E-state index < -0.39 is 24.7 Å². The molecule has 0 bridgehead atoms. The van der Waals surface area contributed by atoms with Crippen molar-refractivity contribution in [2.24, 2.45) is 5.92 Å². The number of carbonyl (C=O) groups is 1. The van der Waals surface area contributed by atoms with Gasteiger partial charge in [0.25, 0.3) is 0 Å². The molecule has 0 aromatic carbocycles. The molecule has 0 saturated carbocycles. The Morgan fingerprint density at radius 1 is 1.47 bits per heavy atom. The zero-order valence-corrected chi connectivity index (χ0v) is 9.96. The SMILES string of the molecule is CC(CN(C)CCCOCC(F)(F)F)C(=O)O. The minimum absolute atomic E-state index is 0.0191. The molecule has 0 aromatic rings. The normalized spacial score (nSPS) is 14.0. The molecule has 0 saturated heterocycles. The number of carboxylic acids is 1. The molecule has 7 heteroatoms. The van der Waals surface area contributed by atoms with E-state index in [-0.39, 0.29) is 6.61 Å². The first-order valence-corrected chi connectivity index (χ1v) is 5.28. The molecule has 0 radical (unpaired) electrons. The summed E-state index contributed by atoms with van der Waals surface area (Å²) in [6.45, 7) is 1.25. The van der Waals surface area contributed by atoms with Gasteiger partial charge in [-0.05, 0) is 13.5 Å². The lowest BCUT2D eigenvalue weighted by Gasteiger charge is -2.18.